The molecule has 2 amide bonds. The van der Waals surface area contributed by atoms with E-state index < -0.39 is 23.7 Å². The van der Waals surface area contributed by atoms with Crippen LogP contribution in [0.4, 0.5) is 4.79 Å². The van der Waals surface area contributed by atoms with E-state index in [1.54, 1.807) is 6.92 Å². The second-order valence-corrected chi connectivity index (χ2v) is 3.39. The molecule has 0 aliphatic heterocycles. The van der Waals surface area contributed by atoms with Gasteiger partial charge in [-0.3, -0.25) is 0 Å². The van der Waals surface area contributed by atoms with E-state index in [1.807, 2.05) is 0 Å². The SMILES string of the molecule is CCOC(=O)c1cc(C)n(NC(N)=O)c1C(=O)O. The van der Waals surface area contributed by atoms with Gasteiger partial charge in [0, 0.05) is 5.69 Å². The van der Waals surface area contributed by atoms with E-state index in [2.05, 4.69) is 5.43 Å². The van der Waals surface area contributed by atoms with Crippen LogP contribution >= 0.6 is 0 Å². The van der Waals surface area contributed by atoms with Crippen molar-refractivity contribution in [3.8, 4) is 0 Å². The lowest BCUT2D eigenvalue weighted by molar-refractivity contribution is 0.0513. The molecule has 0 aromatic carbocycles. The van der Waals surface area contributed by atoms with Crippen molar-refractivity contribution in [2.75, 3.05) is 12.0 Å². The van der Waals surface area contributed by atoms with E-state index in [0.29, 0.717) is 5.69 Å². The fourth-order valence-corrected chi connectivity index (χ4v) is 1.47. The van der Waals surface area contributed by atoms with Gasteiger partial charge in [-0.05, 0) is 19.9 Å². The molecule has 4 N–H and O–H groups in total. The molecule has 0 aliphatic rings. The number of nitrogens with two attached hydrogens (primary N) is 1. The zero-order chi connectivity index (χ0) is 13.9. The molecule has 0 atom stereocenters. The number of ether oxygens (including phenoxy) is 1. The zero-order valence-corrected chi connectivity index (χ0v) is 9.89. The Morgan fingerprint density at radius 2 is 2.11 bits per heavy atom. The van der Waals surface area contributed by atoms with Crippen LogP contribution in [0.15, 0.2) is 6.07 Å². The molecule has 0 bridgehead atoms. The first-order chi connectivity index (χ1) is 8.38. The number of carbonyl (C=O) groups excluding carboxylic acids is 2. The molecule has 1 aromatic heterocycles. The van der Waals surface area contributed by atoms with Crippen LogP contribution in [0.25, 0.3) is 0 Å². The van der Waals surface area contributed by atoms with E-state index in [-0.39, 0.29) is 12.2 Å². The number of nitrogens with zero attached hydrogens (tertiary/aromatic N) is 1. The van der Waals surface area contributed by atoms with E-state index in [9.17, 15) is 14.4 Å². The highest BCUT2D eigenvalue weighted by molar-refractivity contribution is 6.02. The lowest BCUT2D eigenvalue weighted by Crippen LogP contribution is -2.31. The van der Waals surface area contributed by atoms with Crippen molar-refractivity contribution >= 4 is 18.0 Å². The maximum atomic E-state index is 11.6. The van der Waals surface area contributed by atoms with E-state index in [4.69, 9.17) is 15.6 Å². The van der Waals surface area contributed by atoms with Gasteiger partial charge >= 0.3 is 18.0 Å². The molecule has 1 heterocycles. The lowest BCUT2D eigenvalue weighted by atomic mass is 10.2. The zero-order valence-electron chi connectivity index (χ0n) is 9.89. The number of esters is 1. The van der Waals surface area contributed by atoms with Crippen LogP contribution in [-0.4, -0.2) is 34.4 Å². The first kappa shape index (κ1) is 13.6. The summed E-state index contributed by atoms with van der Waals surface area (Å²) in [6.45, 7) is 3.24. The minimum Gasteiger partial charge on any atom is -0.476 e. The Morgan fingerprint density at radius 1 is 1.50 bits per heavy atom. The summed E-state index contributed by atoms with van der Waals surface area (Å²) in [5, 5.41) is 9.07. The van der Waals surface area contributed by atoms with Crippen LogP contribution in [0.5, 0.6) is 0 Å². The summed E-state index contributed by atoms with van der Waals surface area (Å²) in [5.41, 5.74) is 6.83. The monoisotopic (exact) mass is 255 g/mol. The Hall–Kier alpha value is -2.51. The van der Waals surface area contributed by atoms with Gasteiger partial charge in [0.1, 0.15) is 0 Å². The predicted octanol–water partition coefficient (Wildman–Crippen LogP) is 0.294. The molecule has 18 heavy (non-hydrogen) atoms. The minimum atomic E-state index is -1.38. The predicted molar refractivity (Wildman–Crippen MR) is 61.0 cm³/mol. The van der Waals surface area contributed by atoms with Crippen LogP contribution in [0, 0.1) is 6.92 Å². The summed E-state index contributed by atoms with van der Waals surface area (Å²) in [5.74, 6) is -2.15. The van der Waals surface area contributed by atoms with Crippen molar-refractivity contribution in [1.29, 1.82) is 0 Å². The number of urea groups is 1. The van der Waals surface area contributed by atoms with Crippen LogP contribution in [0.1, 0.15) is 33.5 Å². The summed E-state index contributed by atoms with van der Waals surface area (Å²) in [7, 11) is 0. The number of aromatic nitrogens is 1. The van der Waals surface area contributed by atoms with Crippen molar-refractivity contribution in [1.82, 2.24) is 4.68 Å². The number of carbonyl (C=O) groups is 3. The maximum Gasteiger partial charge on any atom is 0.355 e. The summed E-state index contributed by atoms with van der Waals surface area (Å²) >= 11 is 0. The fourth-order valence-electron chi connectivity index (χ4n) is 1.47. The molecule has 0 fully saturated rings. The largest absolute Gasteiger partial charge is 0.476 e. The van der Waals surface area contributed by atoms with Gasteiger partial charge in [-0.25, -0.2) is 24.5 Å². The van der Waals surface area contributed by atoms with Crippen LogP contribution in [0.3, 0.4) is 0 Å². The van der Waals surface area contributed by atoms with Gasteiger partial charge in [0.25, 0.3) is 0 Å². The molecule has 1 aromatic rings. The number of amides is 2. The van der Waals surface area contributed by atoms with Crippen molar-refractivity contribution in [2.45, 2.75) is 13.8 Å². The lowest BCUT2D eigenvalue weighted by Gasteiger charge is -2.09. The smallest absolute Gasteiger partial charge is 0.355 e. The van der Waals surface area contributed by atoms with Crippen molar-refractivity contribution in [3.05, 3.63) is 23.0 Å². The number of carboxylic acids is 1. The molecule has 1 rings (SSSR count). The normalized spacial score (nSPS) is 9.89. The number of primary amides is 1. The minimum absolute atomic E-state index is 0.116. The number of hydrogen-bond donors (Lipinski definition) is 3. The first-order valence-corrected chi connectivity index (χ1v) is 5.07. The number of hydrogen-bond acceptors (Lipinski definition) is 4. The third-order valence-electron chi connectivity index (χ3n) is 2.10. The van der Waals surface area contributed by atoms with E-state index in [1.165, 1.54) is 13.0 Å². The average molecular weight is 255 g/mol. The molecule has 0 unspecified atom stereocenters. The summed E-state index contributed by atoms with van der Waals surface area (Å²) in [4.78, 5) is 33.5. The highest BCUT2D eigenvalue weighted by atomic mass is 16.5. The third-order valence-corrected chi connectivity index (χ3v) is 2.10. The summed E-state index contributed by atoms with van der Waals surface area (Å²) < 4.78 is 5.66. The van der Waals surface area contributed by atoms with Gasteiger partial charge in [0.15, 0.2) is 5.69 Å². The number of aromatic carboxylic acids is 1. The Labute approximate surface area is 102 Å². The first-order valence-electron chi connectivity index (χ1n) is 5.07. The van der Waals surface area contributed by atoms with E-state index in [0.717, 1.165) is 4.68 Å². The molecule has 0 spiro atoms. The Balaban J connectivity index is 3.32. The van der Waals surface area contributed by atoms with Gasteiger partial charge in [0.2, 0.25) is 0 Å². The van der Waals surface area contributed by atoms with Crippen molar-refractivity contribution in [3.63, 3.8) is 0 Å². The maximum absolute atomic E-state index is 11.6. The second kappa shape index (κ2) is 5.21. The number of carboxylic acid groups (broad SMARTS) is 1. The molecule has 8 heteroatoms. The fraction of sp³-hybridized carbons (Fsp3) is 0.300. The molecule has 98 valence electrons. The number of rotatable bonds is 4. The molecule has 0 saturated heterocycles. The highest BCUT2D eigenvalue weighted by Gasteiger charge is 2.25. The molecule has 8 nitrogen and oxygen atoms in total. The molecular formula is C10H13N3O5. The third kappa shape index (κ3) is 2.59. The van der Waals surface area contributed by atoms with Crippen LogP contribution in [-0.2, 0) is 4.74 Å². The second-order valence-electron chi connectivity index (χ2n) is 3.39. The Morgan fingerprint density at radius 3 is 2.56 bits per heavy atom. The molecule has 0 radical (unpaired) electrons. The van der Waals surface area contributed by atoms with Crippen molar-refractivity contribution in [2.24, 2.45) is 5.73 Å². The standard InChI is InChI=1S/C10H13N3O5/c1-3-18-9(16)6-4-5(2)13(12-10(11)17)7(6)8(14)15/h4H,3H2,1-2H3,(H,14,15)(H3,11,12,17). The van der Waals surface area contributed by atoms with Gasteiger partial charge in [0.05, 0.1) is 12.2 Å². The quantitative estimate of drug-likeness (QED) is 0.667. The van der Waals surface area contributed by atoms with Gasteiger partial charge in [-0.15, -0.1) is 0 Å². The van der Waals surface area contributed by atoms with Gasteiger partial charge in [-0.1, -0.05) is 0 Å². The van der Waals surface area contributed by atoms with Crippen molar-refractivity contribution < 1.29 is 24.2 Å². The molecular weight excluding hydrogens is 242 g/mol. The average Bonchev–Trinajstić information content (AvgIpc) is 2.56. The van der Waals surface area contributed by atoms with Crippen LogP contribution in [0.2, 0.25) is 0 Å². The van der Waals surface area contributed by atoms with Gasteiger partial charge in [-0.2, -0.15) is 0 Å². The van der Waals surface area contributed by atoms with Crippen LogP contribution < -0.4 is 11.2 Å². The summed E-state index contributed by atoms with van der Waals surface area (Å²) in [6.07, 6.45) is 0. The van der Waals surface area contributed by atoms with Gasteiger partial charge < -0.3 is 15.6 Å². The highest BCUT2D eigenvalue weighted by Crippen LogP contribution is 2.16. The summed E-state index contributed by atoms with van der Waals surface area (Å²) in [6, 6.07) is 0.365. The number of nitrogens with one attached hydrogen (secondary N) is 1. The topological polar surface area (TPSA) is 124 Å². The Bertz CT molecular complexity index is 506. The molecule has 0 saturated carbocycles. The van der Waals surface area contributed by atoms with E-state index >= 15 is 0 Å². The molecule has 0 aliphatic carbocycles. The Kier molecular flexibility index (Phi) is 3.93. The number of aryl methyl sites for hydroxylation is 1.